The average Bonchev–Trinajstić information content (AvgIpc) is 2.37. The summed E-state index contributed by atoms with van der Waals surface area (Å²) in [5.74, 6) is -3.54. The van der Waals surface area contributed by atoms with Crippen molar-refractivity contribution in [2.45, 2.75) is 25.8 Å². The van der Waals surface area contributed by atoms with Crippen LogP contribution in [0.5, 0.6) is 0 Å². The Bertz CT molecular complexity index is 382. The van der Waals surface area contributed by atoms with Gasteiger partial charge in [0.1, 0.15) is 6.04 Å². The second-order valence-electron chi connectivity index (χ2n) is 3.93. The van der Waals surface area contributed by atoms with Crippen LogP contribution in [0.25, 0.3) is 0 Å². The Labute approximate surface area is 105 Å². The highest BCUT2D eigenvalue weighted by Gasteiger charge is 2.32. The summed E-state index contributed by atoms with van der Waals surface area (Å²) < 4.78 is 32.2. The van der Waals surface area contributed by atoms with Crippen LogP contribution in [0.2, 0.25) is 0 Å². The topological polar surface area (TPSA) is 38.3 Å². The molecule has 0 fully saturated rings. The molecule has 0 saturated heterocycles. The van der Waals surface area contributed by atoms with Crippen molar-refractivity contribution in [3.8, 4) is 0 Å². The molecule has 0 radical (unpaired) electrons. The first-order valence-electron chi connectivity index (χ1n) is 5.80. The van der Waals surface area contributed by atoms with Gasteiger partial charge in [-0.15, -0.1) is 0 Å². The molecule has 0 heterocycles. The van der Waals surface area contributed by atoms with E-state index >= 15 is 0 Å². The van der Waals surface area contributed by atoms with Gasteiger partial charge in [0.25, 0.3) is 5.92 Å². The largest absolute Gasteiger partial charge is 0.465 e. The standard InChI is InChI=1S/C13H17F2NO2/c1-3-18-12(17)10(2)16-9-13(14,15)11-7-5-4-6-8-11/h4-8,10,16H,3,9H2,1-2H3. The van der Waals surface area contributed by atoms with Crippen molar-refractivity contribution >= 4 is 5.97 Å². The average molecular weight is 257 g/mol. The Hall–Kier alpha value is -1.49. The summed E-state index contributed by atoms with van der Waals surface area (Å²) in [5, 5.41) is 2.48. The molecule has 0 aliphatic heterocycles. The molecule has 1 aromatic rings. The second kappa shape index (κ2) is 6.44. The van der Waals surface area contributed by atoms with Crippen LogP contribution in [0.4, 0.5) is 8.78 Å². The van der Waals surface area contributed by atoms with E-state index in [2.05, 4.69) is 5.32 Å². The van der Waals surface area contributed by atoms with E-state index in [1.54, 1.807) is 25.1 Å². The molecule has 0 aromatic heterocycles. The molecule has 5 heteroatoms. The Kier molecular flexibility index (Phi) is 5.22. The third-order valence-corrected chi connectivity index (χ3v) is 2.47. The fourth-order valence-corrected chi connectivity index (χ4v) is 1.42. The Morgan fingerprint density at radius 1 is 1.39 bits per heavy atom. The summed E-state index contributed by atoms with van der Waals surface area (Å²) >= 11 is 0. The van der Waals surface area contributed by atoms with E-state index in [4.69, 9.17) is 4.74 Å². The maximum atomic E-state index is 13.8. The minimum Gasteiger partial charge on any atom is -0.465 e. The van der Waals surface area contributed by atoms with Gasteiger partial charge >= 0.3 is 5.97 Å². The zero-order valence-electron chi connectivity index (χ0n) is 10.5. The van der Waals surface area contributed by atoms with E-state index < -0.39 is 24.5 Å². The van der Waals surface area contributed by atoms with Gasteiger partial charge < -0.3 is 4.74 Å². The highest BCUT2D eigenvalue weighted by Crippen LogP contribution is 2.26. The SMILES string of the molecule is CCOC(=O)C(C)NCC(F)(F)c1ccccc1. The molecule has 1 aromatic carbocycles. The summed E-state index contributed by atoms with van der Waals surface area (Å²) in [6.07, 6.45) is 0. The zero-order valence-corrected chi connectivity index (χ0v) is 10.5. The predicted octanol–water partition coefficient (Wildman–Crippen LogP) is 2.32. The zero-order chi connectivity index (χ0) is 13.6. The Morgan fingerprint density at radius 3 is 2.56 bits per heavy atom. The number of alkyl halides is 2. The van der Waals surface area contributed by atoms with Crippen LogP contribution in [-0.4, -0.2) is 25.2 Å². The number of halogens is 2. The van der Waals surface area contributed by atoms with Crippen molar-refractivity contribution in [3.63, 3.8) is 0 Å². The molecule has 0 bridgehead atoms. The van der Waals surface area contributed by atoms with Crippen LogP contribution in [0.1, 0.15) is 19.4 Å². The molecule has 18 heavy (non-hydrogen) atoms. The molecule has 0 saturated carbocycles. The number of carbonyl (C=O) groups is 1. The summed E-state index contributed by atoms with van der Waals surface area (Å²) in [5.41, 5.74) is -0.0754. The first-order valence-corrected chi connectivity index (χ1v) is 5.80. The number of ether oxygens (including phenoxy) is 1. The van der Waals surface area contributed by atoms with Crippen molar-refractivity contribution in [1.29, 1.82) is 0 Å². The van der Waals surface area contributed by atoms with Crippen LogP contribution in [0.15, 0.2) is 30.3 Å². The lowest BCUT2D eigenvalue weighted by molar-refractivity contribution is -0.145. The summed E-state index contributed by atoms with van der Waals surface area (Å²) in [7, 11) is 0. The Morgan fingerprint density at radius 2 is 2.00 bits per heavy atom. The van der Waals surface area contributed by atoms with Gasteiger partial charge in [0.2, 0.25) is 0 Å². The fourth-order valence-electron chi connectivity index (χ4n) is 1.42. The molecule has 0 spiro atoms. The van der Waals surface area contributed by atoms with E-state index in [0.717, 1.165) is 0 Å². The number of nitrogens with one attached hydrogen (secondary N) is 1. The van der Waals surface area contributed by atoms with Crippen molar-refractivity contribution < 1.29 is 18.3 Å². The number of rotatable bonds is 6. The molecule has 0 amide bonds. The minimum absolute atomic E-state index is 0.0754. The molecule has 0 aliphatic rings. The number of benzene rings is 1. The van der Waals surface area contributed by atoms with E-state index in [9.17, 15) is 13.6 Å². The summed E-state index contributed by atoms with van der Waals surface area (Å²) in [6, 6.07) is 6.75. The lowest BCUT2D eigenvalue weighted by Crippen LogP contribution is -2.41. The molecule has 1 atom stereocenters. The lowest BCUT2D eigenvalue weighted by Gasteiger charge is -2.20. The van der Waals surface area contributed by atoms with Crippen LogP contribution >= 0.6 is 0 Å². The van der Waals surface area contributed by atoms with Gasteiger partial charge in [-0.05, 0) is 13.8 Å². The van der Waals surface area contributed by atoms with E-state index in [0.29, 0.717) is 0 Å². The van der Waals surface area contributed by atoms with Crippen LogP contribution in [-0.2, 0) is 15.5 Å². The second-order valence-corrected chi connectivity index (χ2v) is 3.93. The summed E-state index contributed by atoms with van der Waals surface area (Å²) in [4.78, 5) is 11.3. The monoisotopic (exact) mass is 257 g/mol. The molecular formula is C13H17F2NO2. The lowest BCUT2D eigenvalue weighted by atomic mass is 10.1. The minimum atomic E-state index is -3.01. The number of esters is 1. The van der Waals surface area contributed by atoms with Gasteiger partial charge in [-0.2, -0.15) is 8.78 Å². The number of hydrogen-bond acceptors (Lipinski definition) is 3. The summed E-state index contributed by atoms with van der Waals surface area (Å²) in [6.45, 7) is 2.80. The van der Waals surface area contributed by atoms with Gasteiger partial charge in [0.15, 0.2) is 0 Å². The van der Waals surface area contributed by atoms with Crippen LogP contribution in [0.3, 0.4) is 0 Å². The smallest absolute Gasteiger partial charge is 0.322 e. The van der Waals surface area contributed by atoms with Crippen molar-refractivity contribution in [2.75, 3.05) is 13.2 Å². The highest BCUT2D eigenvalue weighted by molar-refractivity contribution is 5.75. The molecule has 1 N–H and O–H groups in total. The van der Waals surface area contributed by atoms with Crippen molar-refractivity contribution in [1.82, 2.24) is 5.32 Å². The quantitative estimate of drug-likeness (QED) is 0.795. The van der Waals surface area contributed by atoms with Gasteiger partial charge in [-0.1, -0.05) is 30.3 Å². The molecule has 3 nitrogen and oxygen atoms in total. The fraction of sp³-hybridized carbons (Fsp3) is 0.462. The Balaban J connectivity index is 2.54. The maximum Gasteiger partial charge on any atom is 0.322 e. The third-order valence-electron chi connectivity index (χ3n) is 2.47. The maximum absolute atomic E-state index is 13.8. The van der Waals surface area contributed by atoms with Gasteiger partial charge in [0.05, 0.1) is 13.2 Å². The van der Waals surface area contributed by atoms with Gasteiger partial charge in [0, 0.05) is 5.56 Å². The van der Waals surface area contributed by atoms with Crippen LogP contribution in [0, 0.1) is 0 Å². The molecular weight excluding hydrogens is 240 g/mol. The first-order chi connectivity index (χ1) is 8.47. The normalized spacial score (nSPS) is 13.1. The number of carbonyl (C=O) groups excluding carboxylic acids is 1. The molecule has 1 rings (SSSR count). The van der Waals surface area contributed by atoms with E-state index in [-0.39, 0.29) is 12.2 Å². The molecule has 100 valence electrons. The van der Waals surface area contributed by atoms with Gasteiger partial charge in [-0.3, -0.25) is 10.1 Å². The van der Waals surface area contributed by atoms with Crippen LogP contribution < -0.4 is 5.32 Å². The number of hydrogen-bond donors (Lipinski definition) is 1. The van der Waals surface area contributed by atoms with Crippen molar-refractivity contribution in [2.24, 2.45) is 0 Å². The van der Waals surface area contributed by atoms with Gasteiger partial charge in [-0.25, -0.2) is 0 Å². The van der Waals surface area contributed by atoms with E-state index in [1.807, 2.05) is 0 Å². The highest BCUT2D eigenvalue weighted by atomic mass is 19.3. The predicted molar refractivity (Wildman–Crippen MR) is 64.4 cm³/mol. The molecule has 1 unspecified atom stereocenters. The first kappa shape index (κ1) is 14.6. The van der Waals surface area contributed by atoms with Crippen molar-refractivity contribution in [3.05, 3.63) is 35.9 Å². The third kappa shape index (κ3) is 4.07. The van der Waals surface area contributed by atoms with E-state index in [1.165, 1.54) is 19.1 Å². The molecule has 0 aliphatic carbocycles.